The molecule has 1 spiro atoms. The van der Waals surface area contributed by atoms with E-state index in [0.717, 1.165) is 12.8 Å². The van der Waals surface area contributed by atoms with Gasteiger partial charge < -0.3 is 27.2 Å². The first-order valence-electron chi connectivity index (χ1n) is 16.8. The molecule has 2 fully saturated rings. The van der Waals surface area contributed by atoms with Crippen LogP contribution in [0, 0.1) is 0 Å². The van der Waals surface area contributed by atoms with Crippen molar-refractivity contribution in [3.63, 3.8) is 0 Å². The SMILES string of the molecule is CC(C)(C)[Si](C)(C)OC[C@H]1O[C@]2(CCCO2)[C@H](O[Si](C)(C)C(C)(C)C)[C@@H](O[Si](C)(C)C(C)(C)C)[C@@H]1O[Si](C)(C)C(C)(C)C. The summed E-state index contributed by atoms with van der Waals surface area (Å²) < 4.78 is 43.2. The largest absolute Gasteiger partial charge is 0.414 e. The first kappa shape index (κ1) is 39.8. The average Bonchev–Trinajstić information content (AvgIpc) is 3.22. The number of hydrogen-bond acceptors (Lipinski definition) is 6. The zero-order valence-corrected chi connectivity index (χ0v) is 36.1. The maximum Gasteiger partial charge on any atom is 0.196 e. The molecule has 0 unspecified atom stereocenters. The quantitative estimate of drug-likeness (QED) is 0.227. The van der Waals surface area contributed by atoms with Gasteiger partial charge in [0.1, 0.15) is 24.4 Å². The average molecular weight is 677 g/mol. The lowest BCUT2D eigenvalue weighted by Gasteiger charge is -2.57. The molecular formula is C33H72O6Si4. The molecule has 0 radical (unpaired) electrons. The highest BCUT2D eigenvalue weighted by Crippen LogP contribution is 2.50. The first-order valence-corrected chi connectivity index (χ1v) is 28.4. The van der Waals surface area contributed by atoms with E-state index < -0.39 is 39.1 Å². The minimum atomic E-state index is -2.28. The van der Waals surface area contributed by atoms with E-state index in [1.54, 1.807) is 0 Å². The fourth-order valence-corrected chi connectivity index (χ4v) is 9.50. The van der Waals surface area contributed by atoms with Crippen molar-refractivity contribution in [3.8, 4) is 0 Å². The Labute approximate surface area is 271 Å². The zero-order valence-electron chi connectivity index (χ0n) is 32.1. The summed E-state index contributed by atoms with van der Waals surface area (Å²) in [6.45, 7) is 47.4. The minimum Gasteiger partial charge on any atom is -0.414 e. The third kappa shape index (κ3) is 8.76. The van der Waals surface area contributed by atoms with Crippen LogP contribution in [0.1, 0.15) is 95.9 Å². The molecule has 0 aromatic carbocycles. The Morgan fingerprint density at radius 2 is 0.977 bits per heavy atom. The molecule has 0 saturated carbocycles. The molecule has 5 atom stereocenters. The monoisotopic (exact) mass is 676 g/mol. The molecule has 0 aromatic heterocycles. The van der Waals surface area contributed by atoms with Crippen LogP contribution in [-0.2, 0) is 27.2 Å². The Balaban J connectivity index is 2.81. The van der Waals surface area contributed by atoms with E-state index in [1.165, 1.54) is 0 Å². The zero-order chi connectivity index (χ0) is 33.9. The van der Waals surface area contributed by atoms with E-state index >= 15 is 0 Å². The second-order valence-corrected chi connectivity index (χ2v) is 38.6. The maximum absolute atomic E-state index is 7.53. The number of ether oxygens (including phenoxy) is 2. The second-order valence-electron chi connectivity index (χ2n) is 19.5. The normalized spacial score (nSPS) is 29.0. The van der Waals surface area contributed by atoms with Crippen LogP contribution in [0.4, 0.5) is 0 Å². The van der Waals surface area contributed by atoms with Gasteiger partial charge >= 0.3 is 0 Å². The van der Waals surface area contributed by atoms with Crippen LogP contribution in [0.2, 0.25) is 72.5 Å². The van der Waals surface area contributed by atoms with Crippen LogP contribution >= 0.6 is 0 Å². The Hall–Kier alpha value is 0.628. The molecule has 2 rings (SSSR count). The lowest BCUT2D eigenvalue weighted by molar-refractivity contribution is -0.341. The minimum absolute atomic E-state index is 0.0190. The van der Waals surface area contributed by atoms with Crippen LogP contribution < -0.4 is 0 Å². The highest BCUT2D eigenvalue weighted by Gasteiger charge is 2.63. The smallest absolute Gasteiger partial charge is 0.196 e. The molecule has 6 nitrogen and oxygen atoms in total. The molecule has 2 aliphatic heterocycles. The molecule has 2 saturated heterocycles. The van der Waals surface area contributed by atoms with Gasteiger partial charge in [0, 0.05) is 6.42 Å². The summed E-state index contributed by atoms with van der Waals surface area (Å²) in [7, 11) is -8.86. The van der Waals surface area contributed by atoms with Gasteiger partial charge in [0.25, 0.3) is 0 Å². The maximum atomic E-state index is 7.53. The van der Waals surface area contributed by atoms with Crippen LogP contribution in [0.3, 0.4) is 0 Å². The van der Waals surface area contributed by atoms with E-state index in [1.807, 2.05) is 0 Å². The summed E-state index contributed by atoms with van der Waals surface area (Å²) in [5, 5.41) is 0.149. The van der Waals surface area contributed by atoms with E-state index in [4.69, 9.17) is 27.2 Å². The lowest BCUT2D eigenvalue weighted by Crippen LogP contribution is -2.72. The number of rotatable bonds is 9. The Bertz CT molecular complexity index is 931. The van der Waals surface area contributed by atoms with Gasteiger partial charge in [0.15, 0.2) is 39.1 Å². The Morgan fingerprint density at radius 3 is 1.35 bits per heavy atom. The van der Waals surface area contributed by atoms with Gasteiger partial charge in [-0.25, -0.2) is 0 Å². The van der Waals surface area contributed by atoms with E-state index in [-0.39, 0.29) is 44.6 Å². The van der Waals surface area contributed by atoms with Crippen molar-refractivity contribution in [1.29, 1.82) is 0 Å². The topological polar surface area (TPSA) is 55.4 Å². The van der Waals surface area contributed by atoms with Gasteiger partial charge in [0.2, 0.25) is 0 Å². The van der Waals surface area contributed by atoms with Crippen molar-refractivity contribution < 1.29 is 27.2 Å². The van der Waals surface area contributed by atoms with Gasteiger partial charge in [0.05, 0.1) is 13.2 Å². The molecule has 0 bridgehead atoms. The standard InChI is InChI=1S/C33H72O6Si4/c1-29(2,3)40(13,14)35-24-25-26(37-41(15,16)30(4,5)6)27(38-42(17,18)31(7,8)9)28(33(36-25)22-21-23-34-33)39-43(19,20)32(10,11)12/h25-28H,21-24H2,1-20H3/t25-,26-,27+,28-,33-/m1/s1. The van der Waals surface area contributed by atoms with Crippen LogP contribution in [0.5, 0.6) is 0 Å². The Morgan fingerprint density at radius 1 is 0.581 bits per heavy atom. The summed E-state index contributed by atoms with van der Waals surface area (Å²) >= 11 is 0. The number of hydrogen-bond donors (Lipinski definition) is 0. The van der Waals surface area contributed by atoms with Crippen molar-refractivity contribution in [2.45, 2.75) is 199 Å². The fraction of sp³-hybridized carbons (Fsp3) is 1.00. The van der Waals surface area contributed by atoms with Crippen molar-refractivity contribution >= 4 is 33.3 Å². The van der Waals surface area contributed by atoms with Gasteiger partial charge in [-0.15, -0.1) is 0 Å². The molecule has 43 heavy (non-hydrogen) atoms. The van der Waals surface area contributed by atoms with Gasteiger partial charge in [-0.3, -0.25) is 0 Å². The molecule has 0 aromatic rings. The van der Waals surface area contributed by atoms with Gasteiger partial charge in [-0.2, -0.15) is 0 Å². The molecular weight excluding hydrogens is 605 g/mol. The summed E-state index contributed by atoms with van der Waals surface area (Å²) in [5.41, 5.74) is 0. The summed E-state index contributed by atoms with van der Waals surface area (Å²) in [6, 6.07) is 0. The predicted molar refractivity (Wildman–Crippen MR) is 192 cm³/mol. The third-order valence-electron chi connectivity index (χ3n) is 11.9. The highest BCUT2D eigenvalue weighted by atomic mass is 28.4. The second kappa shape index (κ2) is 12.6. The van der Waals surface area contributed by atoms with E-state index in [9.17, 15) is 0 Å². The summed E-state index contributed by atoms with van der Waals surface area (Å²) in [6.07, 6.45) is 0.355. The van der Waals surface area contributed by atoms with E-state index in [2.05, 4.69) is 135 Å². The van der Waals surface area contributed by atoms with Crippen LogP contribution in [-0.4, -0.2) is 76.7 Å². The van der Waals surface area contributed by atoms with Crippen LogP contribution in [0.25, 0.3) is 0 Å². The Kier molecular flexibility index (Phi) is 11.6. The first-order chi connectivity index (χ1) is 18.8. The molecule has 2 heterocycles. The molecule has 256 valence electrons. The molecule has 10 heteroatoms. The van der Waals surface area contributed by atoms with Crippen molar-refractivity contribution in [1.82, 2.24) is 0 Å². The van der Waals surface area contributed by atoms with Crippen molar-refractivity contribution in [2.24, 2.45) is 0 Å². The van der Waals surface area contributed by atoms with Gasteiger partial charge in [-0.1, -0.05) is 83.1 Å². The van der Waals surface area contributed by atoms with Crippen molar-refractivity contribution in [2.75, 3.05) is 13.2 Å². The molecule has 0 aliphatic carbocycles. The molecule has 0 amide bonds. The molecule has 0 N–H and O–H groups in total. The van der Waals surface area contributed by atoms with Crippen LogP contribution in [0.15, 0.2) is 0 Å². The third-order valence-corrected chi connectivity index (χ3v) is 29.8. The van der Waals surface area contributed by atoms with Gasteiger partial charge in [-0.05, 0) is 78.9 Å². The predicted octanol–water partition coefficient (Wildman–Crippen LogP) is 10.1. The highest BCUT2D eigenvalue weighted by molar-refractivity contribution is 6.75. The van der Waals surface area contributed by atoms with Crippen molar-refractivity contribution in [3.05, 3.63) is 0 Å². The molecule has 2 aliphatic rings. The fourth-order valence-electron chi connectivity index (χ4n) is 4.57. The lowest BCUT2D eigenvalue weighted by atomic mass is 9.91. The summed E-state index contributed by atoms with van der Waals surface area (Å²) in [5.74, 6) is -0.878. The summed E-state index contributed by atoms with van der Waals surface area (Å²) in [4.78, 5) is 0. The van der Waals surface area contributed by atoms with E-state index in [0.29, 0.717) is 13.2 Å².